The number of benzene rings is 1. The smallest absolute Gasteiger partial charge is 0.150 e. The third-order valence-corrected chi connectivity index (χ3v) is 3.55. The van der Waals surface area contributed by atoms with Crippen molar-refractivity contribution in [3.63, 3.8) is 0 Å². The second-order valence-corrected chi connectivity index (χ2v) is 4.35. The SMILES string of the molecule is CCc1cc2cc(C=O)cc(N)c2s1. The number of rotatable bonds is 2. The van der Waals surface area contributed by atoms with Crippen molar-refractivity contribution < 1.29 is 4.79 Å². The number of hydrogen-bond donors (Lipinski definition) is 1. The van der Waals surface area contributed by atoms with Crippen LogP contribution in [0.4, 0.5) is 5.69 Å². The van der Waals surface area contributed by atoms with Gasteiger partial charge in [-0.1, -0.05) is 6.92 Å². The molecule has 0 spiro atoms. The molecule has 0 radical (unpaired) electrons. The highest BCUT2D eigenvalue weighted by atomic mass is 32.1. The van der Waals surface area contributed by atoms with Gasteiger partial charge in [-0.3, -0.25) is 4.79 Å². The fourth-order valence-electron chi connectivity index (χ4n) is 1.50. The molecule has 1 aromatic heterocycles. The third-order valence-electron chi connectivity index (χ3n) is 2.20. The Morgan fingerprint density at radius 1 is 1.43 bits per heavy atom. The fourth-order valence-corrected chi connectivity index (χ4v) is 2.50. The number of anilines is 1. The van der Waals surface area contributed by atoms with Crippen molar-refractivity contribution >= 4 is 33.4 Å². The molecule has 0 aliphatic rings. The van der Waals surface area contributed by atoms with Crippen LogP contribution in [0.2, 0.25) is 0 Å². The molecule has 0 aliphatic carbocycles. The van der Waals surface area contributed by atoms with Crippen LogP contribution in [0.3, 0.4) is 0 Å². The Hall–Kier alpha value is -1.35. The van der Waals surface area contributed by atoms with Crippen LogP contribution < -0.4 is 5.73 Å². The topological polar surface area (TPSA) is 43.1 Å². The molecular weight excluding hydrogens is 194 g/mol. The van der Waals surface area contributed by atoms with Crippen molar-refractivity contribution in [3.05, 3.63) is 28.6 Å². The van der Waals surface area contributed by atoms with Crippen LogP contribution in [0, 0.1) is 0 Å². The van der Waals surface area contributed by atoms with Crippen molar-refractivity contribution in [2.45, 2.75) is 13.3 Å². The number of nitrogens with two attached hydrogens (primary N) is 1. The molecule has 1 aromatic carbocycles. The lowest BCUT2D eigenvalue weighted by Gasteiger charge is -1.96. The first-order valence-electron chi connectivity index (χ1n) is 4.51. The van der Waals surface area contributed by atoms with E-state index < -0.39 is 0 Å². The molecule has 3 heteroatoms. The average Bonchev–Trinajstić information content (AvgIpc) is 2.61. The lowest BCUT2D eigenvalue weighted by molar-refractivity contribution is 0.112. The highest BCUT2D eigenvalue weighted by molar-refractivity contribution is 7.19. The summed E-state index contributed by atoms with van der Waals surface area (Å²) >= 11 is 1.70. The molecule has 0 aliphatic heterocycles. The van der Waals surface area contributed by atoms with Crippen LogP contribution in [0.15, 0.2) is 18.2 Å². The first-order chi connectivity index (χ1) is 6.74. The molecule has 0 bridgehead atoms. The number of aryl methyl sites for hydroxylation is 1. The van der Waals surface area contributed by atoms with Gasteiger partial charge >= 0.3 is 0 Å². The Kier molecular flexibility index (Phi) is 2.25. The van der Waals surface area contributed by atoms with Crippen molar-refractivity contribution in [1.29, 1.82) is 0 Å². The molecule has 0 amide bonds. The van der Waals surface area contributed by atoms with Crippen LogP contribution in [-0.2, 0) is 6.42 Å². The number of hydrogen-bond acceptors (Lipinski definition) is 3. The van der Waals surface area contributed by atoms with Crippen LogP contribution >= 0.6 is 11.3 Å². The van der Waals surface area contributed by atoms with E-state index in [4.69, 9.17) is 5.73 Å². The van der Waals surface area contributed by atoms with E-state index in [1.165, 1.54) is 4.88 Å². The zero-order chi connectivity index (χ0) is 10.1. The normalized spacial score (nSPS) is 10.6. The maximum absolute atomic E-state index is 10.6. The molecule has 0 unspecified atom stereocenters. The highest BCUT2D eigenvalue weighted by Gasteiger charge is 2.05. The summed E-state index contributed by atoms with van der Waals surface area (Å²) in [5, 5.41) is 1.08. The summed E-state index contributed by atoms with van der Waals surface area (Å²) in [6, 6.07) is 5.71. The zero-order valence-corrected chi connectivity index (χ0v) is 8.73. The van der Waals surface area contributed by atoms with E-state index in [1.807, 2.05) is 6.07 Å². The Morgan fingerprint density at radius 3 is 2.86 bits per heavy atom. The van der Waals surface area contributed by atoms with Crippen LogP contribution in [0.5, 0.6) is 0 Å². The predicted molar refractivity (Wildman–Crippen MR) is 61.0 cm³/mol. The van der Waals surface area contributed by atoms with Gasteiger partial charge in [0.1, 0.15) is 6.29 Å². The molecule has 0 saturated heterocycles. The van der Waals surface area contributed by atoms with Crippen molar-refractivity contribution in [3.8, 4) is 0 Å². The molecule has 0 saturated carbocycles. The molecule has 2 aromatic rings. The highest BCUT2D eigenvalue weighted by Crippen LogP contribution is 2.31. The number of thiophene rings is 1. The second kappa shape index (κ2) is 3.42. The van der Waals surface area contributed by atoms with E-state index in [9.17, 15) is 4.79 Å². The summed E-state index contributed by atoms with van der Waals surface area (Å²) < 4.78 is 1.09. The Balaban J connectivity index is 2.73. The molecule has 2 N–H and O–H groups in total. The minimum atomic E-state index is 0.649. The standard InChI is InChI=1S/C11H11NOS/c1-2-9-5-8-3-7(6-13)4-10(12)11(8)14-9/h3-6H,2,12H2,1H3. The molecule has 0 fully saturated rings. The van der Waals surface area contributed by atoms with Gasteiger partial charge in [0.05, 0.1) is 10.4 Å². The Morgan fingerprint density at radius 2 is 2.21 bits per heavy atom. The molecule has 2 nitrogen and oxygen atoms in total. The van der Waals surface area contributed by atoms with Gasteiger partial charge in [-0.15, -0.1) is 11.3 Å². The number of aldehydes is 1. The van der Waals surface area contributed by atoms with Gasteiger partial charge in [0.25, 0.3) is 0 Å². The van der Waals surface area contributed by atoms with E-state index >= 15 is 0 Å². The van der Waals surface area contributed by atoms with Crippen LogP contribution in [0.1, 0.15) is 22.2 Å². The second-order valence-electron chi connectivity index (χ2n) is 3.21. The molecule has 72 valence electrons. The molecule has 1 heterocycles. The summed E-state index contributed by atoms with van der Waals surface area (Å²) in [4.78, 5) is 11.9. The summed E-state index contributed by atoms with van der Waals surface area (Å²) in [7, 11) is 0. The van der Waals surface area contributed by atoms with Gasteiger partial charge in [-0.2, -0.15) is 0 Å². The van der Waals surface area contributed by atoms with Crippen molar-refractivity contribution in [1.82, 2.24) is 0 Å². The summed E-state index contributed by atoms with van der Waals surface area (Å²) in [6.45, 7) is 2.11. The Bertz CT molecular complexity index is 487. The Labute approximate surface area is 86.3 Å². The zero-order valence-electron chi connectivity index (χ0n) is 7.91. The quantitative estimate of drug-likeness (QED) is 0.605. The fraction of sp³-hybridized carbons (Fsp3) is 0.182. The van der Waals surface area contributed by atoms with E-state index in [-0.39, 0.29) is 0 Å². The molecule has 2 rings (SSSR count). The van der Waals surface area contributed by atoms with E-state index in [0.717, 1.165) is 22.8 Å². The first-order valence-corrected chi connectivity index (χ1v) is 5.33. The third kappa shape index (κ3) is 1.40. The van der Waals surface area contributed by atoms with E-state index in [1.54, 1.807) is 17.4 Å². The molecule has 0 atom stereocenters. The minimum Gasteiger partial charge on any atom is -0.398 e. The lowest BCUT2D eigenvalue weighted by Crippen LogP contribution is -1.87. The lowest BCUT2D eigenvalue weighted by atomic mass is 10.1. The summed E-state index contributed by atoms with van der Waals surface area (Å²) in [5.74, 6) is 0. The van der Waals surface area contributed by atoms with Crippen molar-refractivity contribution in [2.24, 2.45) is 0 Å². The maximum Gasteiger partial charge on any atom is 0.150 e. The van der Waals surface area contributed by atoms with Gasteiger partial charge in [0.15, 0.2) is 0 Å². The van der Waals surface area contributed by atoms with Gasteiger partial charge < -0.3 is 5.73 Å². The van der Waals surface area contributed by atoms with Gasteiger partial charge in [0, 0.05) is 10.4 Å². The summed E-state index contributed by atoms with van der Waals surface area (Å²) in [6.07, 6.45) is 1.84. The maximum atomic E-state index is 10.6. The summed E-state index contributed by atoms with van der Waals surface area (Å²) in [5.41, 5.74) is 7.20. The van der Waals surface area contributed by atoms with E-state index in [0.29, 0.717) is 11.3 Å². The number of carbonyl (C=O) groups is 1. The molecular formula is C11H11NOS. The number of carbonyl (C=O) groups excluding carboxylic acids is 1. The van der Waals surface area contributed by atoms with Crippen LogP contribution in [0.25, 0.3) is 10.1 Å². The van der Waals surface area contributed by atoms with Gasteiger partial charge in [-0.25, -0.2) is 0 Å². The van der Waals surface area contributed by atoms with Gasteiger partial charge in [-0.05, 0) is 30.0 Å². The average molecular weight is 205 g/mol. The predicted octanol–water partition coefficient (Wildman–Crippen LogP) is 2.86. The largest absolute Gasteiger partial charge is 0.398 e. The number of fused-ring (bicyclic) bond motifs is 1. The van der Waals surface area contributed by atoms with Crippen molar-refractivity contribution in [2.75, 3.05) is 5.73 Å². The monoisotopic (exact) mass is 205 g/mol. The van der Waals surface area contributed by atoms with Crippen LogP contribution in [-0.4, -0.2) is 6.29 Å². The molecule has 14 heavy (non-hydrogen) atoms. The van der Waals surface area contributed by atoms with E-state index in [2.05, 4.69) is 13.0 Å². The number of nitrogen functional groups attached to an aromatic ring is 1. The minimum absolute atomic E-state index is 0.649. The first kappa shape index (κ1) is 9.21. The van der Waals surface area contributed by atoms with Gasteiger partial charge in [0.2, 0.25) is 0 Å².